The molecule has 0 atom stereocenters. The highest BCUT2D eigenvalue weighted by Crippen LogP contribution is 2.29. The molecular formula is C23H30N2O4S. The molecule has 1 fully saturated rings. The van der Waals surface area contributed by atoms with Crippen LogP contribution >= 0.6 is 0 Å². The molecule has 0 aromatic heterocycles. The molecule has 0 radical (unpaired) electrons. The average molecular weight is 431 g/mol. The summed E-state index contributed by atoms with van der Waals surface area (Å²) in [6.45, 7) is 2.67. The van der Waals surface area contributed by atoms with Gasteiger partial charge in [0.1, 0.15) is 18.1 Å². The minimum atomic E-state index is -3.63. The zero-order valence-corrected chi connectivity index (χ0v) is 18.2. The standard InChI is InChI=1S/C23H30N2O4S/c1-18-11-13-20(14-12-18)25-30(27,28)17-23(26)24-15-16-29-22-10-6-5-9-21(22)19-7-3-2-4-8-19/h2-10,18,20,25H,11-17H2,1H3,(H,24,26). The Balaban J connectivity index is 1.43. The molecule has 2 aromatic carbocycles. The van der Waals surface area contributed by atoms with Crippen LogP contribution in [0.15, 0.2) is 54.6 Å². The Morgan fingerprint density at radius 1 is 1.00 bits per heavy atom. The Hall–Kier alpha value is -2.38. The zero-order chi connectivity index (χ0) is 21.4. The van der Waals surface area contributed by atoms with Crippen molar-refractivity contribution >= 4 is 15.9 Å². The lowest BCUT2D eigenvalue weighted by Gasteiger charge is -2.26. The maximum Gasteiger partial charge on any atom is 0.236 e. The Morgan fingerprint density at radius 2 is 1.67 bits per heavy atom. The van der Waals surface area contributed by atoms with Crippen LogP contribution in [0.4, 0.5) is 0 Å². The SMILES string of the molecule is CC1CCC(NS(=O)(=O)CC(=O)NCCOc2ccccc2-c2ccccc2)CC1. The van der Waals surface area contributed by atoms with Gasteiger partial charge in [0.05, 0.1) is 6.54 Å². The predicted octanol–water partition coefficient (Wildman–Crippen LogP) is 3.35. The number of hydrogen-bond acceptors (Lipinski definition) is 4. The van der Waals surface area contributed by atoms with Crippen LogP contribution in [0.5, 0.6) is 5.75 Å². The van der Waals surface area contributed by atoms with Gasteiger partial charge < -0.3 is 10.1 Å². The van der Waals surface area contributed by atoms with Crippen molar-refractivity contribution in [1.29, 1.82) is 0 Å². The molecule has 0 bridgehead atoms. The molecule has 0 saturated heterocycles. The van der Waals surface area contributed by atoms with Gasteiger partial charge in [-0.1, -0.05) is 55.5 Å². The van der Waals surface area contributed by atoms with Crippen molar-refractivity contribution in [3.63, 3.8) is 0 Å². The van der Waals surface area contributed by atoms with Crippen LogP contribution in [0.25, 0.3) is 11.1 Å². The molecule has 1 aliphatic carbocycles. The first-order chi connectivity index (χ1) is 14.4. The summed E-state index contributed by atoms with van der Waals surface area (Å²) in [7, 11) is -3.63. The van der Waals surface area contributed by atoms with Crippen LogP contribution in [-0.4, -0.2) is 39.3 Å². The third-order valence-corrected chi connectivity index (χ3v) is 6.67. The van der Waals surface area contributed by atoms with Gasteiger partial charge in [-0.2, -0.15) is 0 Å². The van der Waals surface area contributed by atoms with Crippen molar-refractivity contribution < 1.29 is 17.9 Å². The number of rotatable bonds is 9. The van der Waals surface area contributed by atoms with Crippen LogP contribution < -0.4 is 14.8 Å². The molecule has 3 rings (SSSR count). The van der Waals surface area contributed by atoms with E-state index < -0.39 is 21.7 Å². The Kier molecular flexibility index (Phi) is 7.87. The maximum absolute atomic E-state index is 12.2. The largest absolute Gasteiger partial charge is 0.491 e. The number of ether oxygens (including phenoxy) is 1. The first kappa shape index (κ1) is 22.3. The highest BCUT2D eigenvalue weighted by molar-refractivity contribution is 7.90. The van der Waals surface area contributed by atoms with E-state index in [0.717, 1.165) is 42.6 Å². The van der Waals surface area contributed by atoms with Crippen LogP contribution in [0, 0.1) is 5.92 Å². The maximum atomic E-state index is 12.2. The fraction of sp³-hybridized carbons (Fsp3) is 0.435. The van der Waals surface area contributed by atoms with Crippen molar-refractivity contribution in [2.75, 3.05) is 18.9 Å². The molecule has 6 nitrogen and oxygen atoms in total. The molecule has 0 spiro atoms. The molecule has 1 saturated carbocycles. The van der Waals surface area contributed by atoms with Crippen molar-refractivity contribution in [1.82, 2.24) is 10.0 Å². The van der Waals surface area contributed by atoms with Gasteiger partial charge >= 0.3 is 0 Å². The summed E-state index contributed by atoms with van der Waals surface area (Å²) in [6, 6.07) is 17.5. The van der Waals surface area contributed by atoms with E-state index in [0.29, 0.717) is 5.92 Å². The van der Waals surface area contributed by atoms with Crippen molar-refractivity contribution in [2.45, 2.75) is 38.6 Å². The Labute approximate surface area is 179 Å². The van der Waals surface area contributed by atoms with Crippen molar-refractivity contribution in [2.24, 2.45) is 5.92 Å². The van der Waals surface area contributed by atoms with Gasteiger partial charge in [0.2, 0.25) is 15.9 Å². The van der Waals surface area contributed by atoms with Crippen molar-refractivity contribution in [3.8, 4) is 16.9 Å². The number of para-hydroxylation sites is 1. The quantitative estimate of drug-likeness (QED) is 0.598. The van der Waals surface area contributed by atoms with E-state index in [1.165, 1.54) is 0 Å². The number of carbonyl (C=O) groups excluding carboxylic acids is 1. The lowest BCUT2D eigenvalue weighted by Crippen LogP contribution is -2.43. The molecule has 7 heteroatoms. The molecule has 2 aromatic rings. The highest BCUT2D eigenvalue weighted by atomic mass is 32.2. The molecule has 1 aliphatic rings. The molecule has 0 unspecified atom stereocenters. The molecular weight excluding hydrogens is 400 g/mol. The third kappa shape index (κ3) is 6.85. The van der Waals surface area contributed by atoms with Gasteiger partial charge in [-0.15, -0.1) is 0 Å². The van der Waals surface area contributed by atoms with Gasteiger partial charge in [0.25, 0.3) is 0 Å². The summed E-state index contributed by atoms with van der Waals surface area (Å²) in [6.07, 6.45) is 3.69. The molecule has 1 amide bonds. The van der Waals surface area contributed by atoms with Gasteiger partial charge in [0, 0.05) is 11.6 Å². The molecule has 30 heavy (non-hydrogen) atoms. The Morgan fingerprint density at radius 3 is 2.40 bits per heavy atom. The first-order valence-corrected chi connectivity index (χ1v) is 12.1. The fourth-order valence-electron chi connectivity index (χ4n) is 3.70. The first-order valence-electron chi connectivity index (χ1n) is 10.5. The number of sulfonamides is 1. The van der Waals surface area contributed by atoms with E-state index in [1.54, 1.807) is 0 Å². The fourth-order valence-corrected chi connectivity index (χ4v) is 4.97. The highest BCUT2D eigenvalue weighted by Gasteiger charge is 2.24. The minimum Gasteiger partial charge on any atom is -0.491 e. The van der Waals surface area contributed by atoms with E-state index in [2.05, 4.69) is 17.0 Å². The van der Waals surface area contributed by atoms with E-state index in [1.807, 2.05) is 54.6 Å². The third-order valence-electron chi connectivity index (χ3n) is 5.34. The Bertz CT molecular complexity index is 923. The lowest BCUT2D eigenvalue weighted by atomic mass is 9.88. The second kappa shape index (κ2) is 10.6. The van der Waals surface area contributed by atoms with E-state index in [4.69, 9.17) is 4.74 Å². The number of nitrogens with one attached hydrogen (secondary N) is 2. The number of benzene rings is 2. The number of hydrogen-bond donors (Lipinski definition) is 2. The van der Waals surface area contributed by atoms with Crippen LogP contribution in [0.3, 0.4) is 0 Å². The predicted molar refractivity (Wildman–Crippen MR) is 119 cm³/mol. The number of amides is 1. The van der Waals surface area contributed by atoms with Crippen LogP contribution in [0.1, 0.15) is 32.6 Å². The molecule has 0 heterocycles. The normalized spacial score (nSPS) is 19.2. The molecule has 2 N–H and O–H groups in total. The van der Waals surface area contributed by atoms with Crippen LogP contribution in [-0.2, 0) is 14.8 Å². The topological polar surface area (TPSA) is 84.5 Å². The van der Waals surface area contributed by atoms with Gasteiger partial charge in [0.15, 0.2) is 0 Å². The molecule has 162 valence electrons. The van der Waals surface area contributed by atoms with Crippen LogP contribution in [0.2, 0.25) is 0 Å². The summed E-state index contributed by atoms with van der Waals surface area (Å²) in [4.78, 5) is 12.1. The van der Waals surface area contributed by atoms with E-state index in [9.17, 15) is 13.2 Å². The summed E-state index contributed by atoms with van der Waals surface area (Å²) >= 11 is 0. The van der Waals surface area contributed by atoms with Gasteiger partial charge in [-0.3, -0.25) is 4.79 Å². The second-order valence-corrected chi connectivity index (χ2v) is 9.65. The van der Waals surface area contributed by atoms with Gasteiger partial charge in [-0.25, -0.2) is 13.1 Å². The summed E-state index contributed by atoms with van der Waals surface area (Å²) in [5, 5.41) is 2.63. The lowest BCUT2D eigenvalue weighted by molar-refractivity contribution is -0.118. The van der Waals surface area contributed by atoms with Gasteiger partial charge in [-0.05, 0) is 43.2 Å². The minimum absolute atomic E-state index is 0.0585. The van der Waals surface area contributed by atoms with E-state index in [-0.39, 0.29) is 19.2 Å². The second-order valence-electron chi connectivity index (χ2n) is 7.89. The summed E-state index contributed by atoms with van der Waals surface area (Å²) in [5.41, 5.74) is 2.02. The number of carbonyl (C=O) groups is 1. The smallest absolute Gasteiger partial charge is 0.236 e. The molecule has 0 aliphatic heterocycles. The summed E-state index contributed by atoms with van der Waals surface area (Å²) < 4.78 is 33.0. The monoisotopic (exact) mass is 430 g/mol. The average Bonchev–Trinajstić information content (AvgIpc) is 2.73. The van der Waals surface area contributed by atoms with Crippen molar-refractivity contribution in [3.05, 3.63) is 54.6 Å². The van der Waals surface area contributed by atoms with E-state index >= 15 is 0 Å². The zero-order valence-electron chi connectivity index (χ0n) is 17.3. The summed E-state index contributed by atoms with van der Waals surface area (Å²) in [5.74, 6) is 0.283.